The Morgan fingerprint density at radius 3 is 2.72 bits per heavy atom. The monoisotopic (exact) mass is 424 g/mol. The van der Waals surface area contributed by atoms with Crippen molar-refractivity contribution in [2.45, 2.75) is 31.4 Å². The minimum Gasteiger partial charge on any atom is -0.390 e. The van der Waals surface area contributed by atoms with E-state index in [4.69, 9.17) is 10.1 Å². The number of rotatable bonds is 5. The number of hydrogen-bond donors (Lipinski definition) is 1. The van der Waals surface area contributed by atoms with Crippen molar-refractivity contribution in [1.82, 2.24) is 29.5 Å². The molecule has 5 rings (SSSR count). The predicted molar refractivity (Wildman–Crippen MR) is 115 cm³/mol. The lowest BCUT2D eigenvalue weighted by Gasteiger charge is -2.43. The predicted octanol–water partition coefficient (Wildman–Crippen LogP) is 2.93. The number of aliphatic hydroxyl groups is 1. The number of hydrogen-bond acceptors (Lipinski definition) is 7. The summed E-state index contributed by atoms with van der Waals surface area (Å²) in [5.41, 5.74) is 3.61. The molecule has 158 valence electrons. The number of nitrogens with zero attached hydrogens (tertiary/aromatic N) is 8. The third-order valence-electron chi connectivity index (χ3n) is 6.16. The van der Waals surface area contributed by atoms with Crippen molar-refractivity contribution in [3.63, 3.8) is 0 Å². The first-order valence-corrected chi connectivity index (χ1v) is 10.3. The summed E-state index contributed by atoms with van der Waals surface area (Å²) in [4.78, 5) is 9.35. The molecule has 1 aliphatic carbocycles. The number of aromatic nitrogens is 6. The number of fused-ring (bicyclic) bond motifs is 1. The van der Waals surface area contributed by atoms with Gasteiger partial charge in [0, 0.05) is 24.8 Å². The average molecular weight is 424 g/mol. The lowest BCUT2D eigenvalue weighted by molar-refractivity contribution is 0.0884. The Morgan fingerprint density at radius 1 is 1.16 bits per heavy atom. The van der Waals surface area contributed by atoms with Crippen molar-refractivity contribution in [2.24, 2.45) is 13.0 Å². The highest BCUT2D eigenvalue weighted by Gasteiger charge is 2.46. The zero-order chi connectivity index (χ0) is 22.3. The molecule has 0 saturated heterocycles. The molecular formula is C23H20N8O. The van der Waals surface area contributed by atoms with E-state index >= 15 is 0 Å². The van der Waals surface area contributed by atoms with Crippen molar-refractivity contribution < 1.29 is 5.11 Å². The number of pyridine rings is 2. The van der Waals surface area contributed by atoms with Crippen LogP contribution in [-0.4, -0.2) is 34.6 Å². The average Bonchev–Trinajstić information content (AvgIpc) is 3.42. The molecule has 1 aliphatic rings. The maximum atomic E-state index is 9.52. The summed E-state index contributed by atoms with van der Waals surface area (Å²) < 4.78 is 3.45. The van der Waals surface area contributed by atoms with Gasteiger partial charge in [-0.15, -0.1) is 0 Å². The molecule has 0 unspecified atom stereocenters. The van der Waals surface area contributed by atoms with Crippen LogP contribution in [0.2, 0.25) is 0 Å². The molecule has 0 aliphatic heterocycles. The van der Waals surface area contributed by atoms with Gasteiger partial charge in [0.15, 0.2) is 0 Å². The second kappa shape index (κ2) is 7.56. The Kier molecular flexibility index (Phi) is 4.69. The van der Waals surface area contributed by atoms with Crippen LogP contribution in [0.3, 0.4) is 0 Å². The highest BCUT2D eigenvalue weighted by Crippen LogP contribution is 2.46. The van der Waals surface area contributed by atoms with Crippen LogP contribution in [0.1, 0.15) is 25.0 Å². The molecule has 1 saturated carbocycles. The van der Waals surface area contributed by atoms with Crippen LogP contribution < -0.4 is 0 Å². The summed E-state index contributed by atoms with van der Waals surface area (Å²) in [5.74, 6) is -0.0487. The highest BCUT2D eigenvalue weighted by molar-refractivity contribution is 5.93. The van der Waals surface area contributed by atoms with Gasteiger partial charge in [-0.2, -0.15) is 20.7 Å². The molecule has 0 spiro atoms. The van der Waals surface area contributed by atoms with Gasteiger partial charge in [-0.25, -0.2) is 4.98 Å². The van der Waals surface area contributed by atoms with E-state index in [1.165, 1.54) is 0 Å². The van der Waals surface area contributed by atoms with E-state index in [2.05, 4.69) is 22.2 Å². The third kappa shape index (κ3) is 3.11. The van der Waals surface area contributed by atoms with Crippen molar-refractivity contribution in [1.29, 1.82) is 10.5 Å². The fourth-order valence-corrected chi connectivity index (χ4v) is 4.40. The Balaban J connectivity index is 1.62. The van der Waals surface area contributed by atoms with Gasteiger partial charge in [0.1, 0.15) is 17.1 Å². The molecule has 1 fully saturated rings. The van der Waals surface area contributed by atoms with Crippen LogP contribution >= 0.6 is 0 Å². The SMILES string of the molecule is Cn1nc(-c2cc3ncccc3c(-c3ccn([C@]4(CC#N)C[C@@H](C#N)C4)n3)n2)cc1CO. The molecule has 9 nitrogen and oxygen atoms in total. The fraction of sp³-hybridized carbons (Fsp3) is 0.304. The minimum atomic E-state index is -0.448. The standard InChI is InChI=1S/C23H20N8O/c1-30-16(14-32)9-21(28-30)20-10-19-17(3-2-7-26-19)22(27-20)18-4-8-31(29-18)23(5-6-24)11-15(12-23)13-25/h2-4,7-10,15,32H,5,11-12,14H2,1H3/t15-,23-. The molecule has 0 atom stereocenters. The van der Waals surface area contributed by atoms with Crippen LogP contribution in [0.5, 0.6) is 0 Å². The van der Waals surface area contributed by atoms with Crippen molar-refractivity contribution in [2.75, 3.05) is 0 Å². The molecule has 0 radical (unpaired) electrons. The van der Waals surface area contributed by atoms with Crippen molar-refractivity contribution >= 4 is 10.9 Å². The lowest BCUT2D eigenvalue weighted by atomic mass is 9.67. The molecule has 0 aromatic carbocycles. The smallest absolute Gasteiger partial charge is 0.111 e. The largest absolute Gasteiger partial charge is 0.390 e. The summed E-state index contributed by atoms with van der Waals surface area (Å²) in [7, 11) is 1.78. The molecule has 4 aromatic heterocycles. The molecular weight excluding hydrogens is 404 g/mol. The van der Waals surface area contributed by atoms with Gasteiger partial charge in [-0.1, -0.05) is 0 Å². The maximum absolute atomic E-state index is 9.52. The van der Waals surface area contributed by atoms with E-state index in [0.29, 0.717) is 47.7 Å². The Hall–Kier alpha value is -4.08. The zero-order valence-corrected chi connectivity index (χ0v) is 17.5. The van der Waals surface area contributed by atoms with Crippen LogP contribution in [-0.2, 0) is 19.2 Å². The summed E-state index contributed by atoms with van der Waals surface area (Å²) >= 11 is 0. The Bertz CT molecular complexity index is 1400. The summed E-state index contributed by atoms with van der Waals surface area (Å²) in [6, 6.07) is 13.9. The van der Waals surface area contributed by atoms with Crippen molar-refractivity contribution in [3.05, 3.63) is 48.4 Å². The topological polar surface area (TPSA) is 129 Å². The van der Waals surface area contributed by atoms with Crippen LogP contribution in [0.15, 0.2) is 42.7 Å². The first kappa shape index (κ1) is 19.9. The summed E-state index contributed by atoms with van der Waals surface area (Å²) in [5, 5.41) is 38.2. The van der Waals surface area contributed by atoms with Gasteiger partial charge in [-0.05, 0) is 43.2 Å². The van der Waals surface area contributed by atoms with Gasteiger partial charge in [0.25, 0.3) is 0 Å². The van der Waals surface area contributed by atoms with Gasteiger partial charge in [0.2, 0.25) is 0 Å². The maximum Gasteiger partial charge on any atom is 0.111 e. The molecule has 4 aromatic rings. The second-order valence-corrected chi connectivity index (χ2v) is 8.17. The molecule has 0 bridgehead atoms. The first-order valence-electron chi connectivity index (χ1n) is 10.3. The van der Waals surface area contributed by atoms with E-state index in [1.54, 1.807) is 24.0 Å². The third-order valence-corrected chi connectivity index (χ3v) is 6.16. The number of aryl methyl sites for hydroxylation is 1. The van der Waals surface area contributed by atoms with Crippen LogP contribution in [0.25, 0.3) is 33.7 Å². The van der Waals surface area contributed by atoms with Gasteiger partial charge in [0.05, 0.1) is 53.5 Å². The molecule has 4 heterocycles. The zero-order valence-electron chi connectivity index (χ0n) is 17.5. The Labute approximate surface area is 184 Å². The Morgan fingerprint density at radius 2 is 2.00 bits per heavy atom. The van der Waals surface area contributed by atoms with E-state index < -0.39 is 5.54 Å². The summed E-state index contributed by atoms with van der Waals surface area (Å²) in [6.45, 7) is -0.114. The van der Waals surface area contributed by atoms with Gasteiger partial charge >= 0.3 is 0 Å². The van der Waals surface area contributed by atoms with Crippen LogP contribution in [0, 0.1) is 28.6 Å². The van der Waals surface area contributed by atoms with E-state index in [9.17, 15) is 15.6 Å². The molecule has 32 heavy (non-hydrogen) atoms. The molecule has 9 heteroatoms. The fourth-order valence-electron chi connectivity index (χ4n) is 4.40. The summed E-state index contributed by atoms with van der Waals surface area (Å²) in [6.07, 6.45) is 5.13. The first-order chi connectivity index (χ1) is 15.6. The van der Waals surface area contributed by atoms with Crippen molar-refractivity contribution in [3.8, 4) is 34.9 Å². The number of aliphatic hydroxyl groups excluding tert-OH is 1. The molecule has 1 N–H and O–H groups in total. The van der Waals surface area contributed by atoms with Gasteiger partial charge in [-0.3, -0.25) is 14.3 Å². The van der Waals surface area contributed by atoms with E-state index in [1.807, 2.05) is 35.1 Å². The van der Waals surface area contributed by atoms with Crippen LogP contribution in [0.4, 0.5) is 0 Å². The van der Waals surface area contributed by atoms with E-state index in [0.717, 1.165) is 10.9 Å². The normalized spacial score (nSPS) is 19.9. The van der Waals surface area contributed by atoms with Gasteiger partial charge < -0.3 is 5.11 Å². The quantitative estimate of drug-likeness (QED) is 0.521. The lowest BCUT2D eigenvalue weighted by Crippen LogP contribution is -2.46. The molecule has 0 amide bonds. The second-order valence-electron chi connectivity index (χ2n) is 8.17. The highest BCUT2D eigenvalue weighted by atomic mass is 16.3. The van der Waals surface area contributed by atoms with E-state index in [-0.39, 0.29) is 12.5 Å². The number of nitriles is 2. The minimum absolute atomic E-state index is 0.0487.